The minimum Gasteiger partial charge on any atom is -0.398 e. The highest BCUT2D eigenvalue weighted by Gasteiger charge is 2.05. The minimum absolute atomic E-state index is 0.722. The summed E-state index contributed by atoms with van der Waals surface area (Å²) in [7, 11) is 0. The van der Waals surface area contributed by atoms with Crippen molar-refractivity contribution in [3.63, 3.8) is 0 Å². The van der Waals surface area contributed by atoms with E-state index in [0.29, 0.717) is 0 Å². The molecule has 4 heteroatoms. The van der Waals surface area contributed by atoms with Gasteiger partial charge in [0.2, 0.25) is 0 Å². The number of hydrogen-bond donors (Lipinski definition) is 1. The number of hydrogen-bond acceptors (Lipinski definition) is 2. The van der Waals surface area contributed by atoms with Gasteiger partial charge >= 0.3 is 0 Å². The Balaban J connectivity index is 1.84. The van der Waals surface area contributed by atoms with Crippen LogP contribution < -0.4 is 5.73 Å². The molecule has 1 aromatic heterocycles. The molecule has 100 valence electrons. The van der Waals surface area contributed by atoms with Gasteiger partial charge < -0.3 is 5.73 Å². The molecule has 0 fully saturated rings. The van der Waals surface area contributed by atoms with Crippen molar-refractivity contribution in [1.82, 2.24) is 9.78 Å². The molecule has 0 amide bonds. The van der Waals surface area contributed by atoms with Gasteiger partial charge in [-0.15, -0.1) is 0 Å². The summed E-state index contributed by atoms with van der Waals surface area (Å²) in [5.74, 6) is 0. The first-order valence-corrected chi connectivity index (χ1v) is 7.14. The van der Waals surface area contributed by atoms with Crippen LogP contribution in [0.3, 0.4) is 0 Å². The quantitative estimate of drug-likeness (QED) is 0.740. The third-order valence-corrected chi connectivity index (χ3v) is 3.84. The number of aromatic nitrogens is 2. The van der Waals surface area contributed by atoms with Crippen molar-refractivity contribution in [2.45, 2.75) is 6.54 Å². The number of halogens is 1. The Morgan fingerprint density at radius 1 is 1.05 bits per heavy atom. The summed E-state index contributed by atoms with van der Waals surface area (Å²) in [5, 5.41) is 4.59. The van der Waals surface area contributed by atoms with Crippen molar-refractivity contribution in [3.8, 4) is 11.3 Å². The Morgan fingerprint density at radius 3 is 2.60 bits per heavy atom. The summed E-state index contributed by atoms with van der Waals surface area (Å²) in [6, 6.07) is 18.2. The molecule has 0 bridgehead atoms. The highest BCUT2D eigenvalue weighted by molar-refractivity contribution is 9.10. The summed E-state index contributed by atoms with van der Waals surface area (Å²) in [6.07, 6.45) is 1.99. The van der Waals surface area contributed by atoms with Gasteiger partial charge in [0.1, 0.15) is 0 Å². The monoisotopic (exact) mass is 327 g/mol. The molecule has 3 nitrogen and oxygen atoms in total. The SMILES string of the molecule is Nc1cc(-c2ccn(Cc3ccccc3)n2)ccc1Br. The molecule has 0 spiro atoms. The molecule has 0 radical (unpaired) electrons. The predicted octanol–water partition coefficient (Wildman–Crippen LogP) is 3.94. The Kier molecular flexibility index (Phi) is 3.56. The standard InChI is InChI=1S/C16H14BrN3/c17-14-7-6-13(10-15(14)18)16-8-9-20(19-16)11-12-4-2-1-3-5-12/h1-10H,11,18H2. The average molecular weight is 328 g/mol. The van der Waals surface area contributed by atoms with E-state index in [9.17, 15) is 0 Å². The molecule has 2 aromatic carbocycles. The smallest absolute Gasteiger partial charge is 0.0924 e. The van der Waals surface area contributed by atoms with Crippen molar-refractivity contribution in [3.05, 3.63) is 70.8 Å². The molecule has 1 heterocycles. The minimum atomic E-state index is 0.722. The van der Waals surface area contributed by atoms with E-state index in [1.54, 1.807) is 0 Å². The molecule has 0 aliphatic heterocycles. The second-order valence-corrected chi connectivity index (χ2v) is 5.47. The first-order valence-electron chi connectivity index (χ1n) is 6.35. The zero-order chi connectivity index (χ0) is 13.9. The lowest BCUT2D eigenvalue weighted by Gasteiger charge is -2.03. The molecule has 20 heavy (non-hydrogen) atoms. The number of benzene rings is 2. The fraction of sp³-hybridized carbons (Fsp3) is 0.0625. The van der Waals surface area contributed by atoms with E-state index in [2.05, 4.69) is 33.2 Å². The molecule has 0 saturated carbocycles. The molecule has 0 aliphatic rings. The van der Waals surface area contributed by atoms with Gasteiger partial charge in [-0.25, -0.2) is 0 Å². The van der Waals surface area contributed by atoms with E-state index in [4.69, 9.17) is 5.73 Å². The van der Waals surface area contributed by atoms with Gasteiger partial charge in [0.15, 0.2) is 0 Å². The Labute approximate surface area is 126 Å². The maximum absolute atomic E-state index is 5.91. The van der Waals surface area contributed by atoms with E-state index in [-0.39, 0.29) is 0 Å². The van der Waals surface area contributed by atoms with Crippen LogP contribution in [0.1, 0.15) is 5.56 Å². The van der Waals surface area contributed by atoms with Gasteiger partial charge in [0, 0.05) is 21.9 Å². The van der Waals surface area contributed by atoms with Crippen molar-refractivity contribution in [2.75, 3.05) is 5.73 Å². The molecule has 0 saturated heterocycles. The average Bonchev–Trinajstić information content (AvgIpc) is 2.91. The van der Waals surface area contributed by atoms with Gasteiger partial charge in [-0.1, -0.05) is 36.4 Å². The summed E-state index contributed by atoms with van der Waals surface area (Å²) in [6.45, 7) is 0.771. The maximum Gasteiger partial charge on any atom is 0.0924 e. The lowest BCUT2D eigenvalue weighted by Crippen LogP contribution is -2.00. The van der Waals surface area contributed by atoms with E-state index in [1.807, 2.05) is 53.3 Å². The largest absolute Gasteiger partial charge is 0.398 e. The number of nitrogen functional groups attached to an aromatic ring is 1. The van der Waals surface area contributed by atoms with Crippen LogP contribution in [0.2, 0.25) is 0 Å². The van der Waals surface area contributed by atoms with E-state index in [0.717, 1.165) is 28.0 Å². The zero-order valence-corrected chi connectivity index (χ0v) is 12.4. The molecular formula is C16H14BrN3. The Hall–Kier alpha value is -2.07. The van der Waals surface area contributed by atoms with Crippen LogP contribution in [0.25, 0.3) is 11.3 Å². The number of anilines is 1. The van der Waals surface area contributed by atoms with E-state index < -0.39 is 0 Å². The summed E-state index contributed by atoms with van der Waals surface area (Å²) in [4.78, 5) is 0. The van der Waals surface area contributed by atoms with Crippen LogP contribution in [-0.2, 0) is 6.54 Å². The van der Waals surface area contributed by atoms with E-state index >= 15 is 0 Å². The molecule has 3 aromatic rings. The van der Waals surface area contributed by atoms with E-state index in [1.165, 1.54) is 5.56 Å². The fourth-order valence-electron chi connectivity index (χ4n) is 2.08. The lowest BCUT2D eigenvalue weighted by atomic mass is 10.1. The zero-order valence-electron chi connectivity index (χ0n) is 10.8. The number of nitrogens with two attached hydrogens (primary N) is 1. The van der Waals surface area contributed by atoms with Crippen LogP contribution in [0.4, 0.5) is 5.69 Å². The summed E-state index contributed by atoms with van der Waals surface area (Å²) in [5.41, 5.74) is 9.82. The molecule has 3 rings (SSSR count). The summed E-state index contributed by atoms with van der Waals surface area (Å²) >= 11 is 3.40. The number of nitrogens with zero attached hydrogens (tertiary/aromatic N) is 2. The molecule has 0 aliphatic carbocycles. The topological polar surface area (TPSA) is 43.8 Å². The van der Waals surface area contributed by atoms with Crippen molar-refractivity contribution in [2.24, 2.45) is 0 Å². The number of rotatable bonds is 3. The molecule has 0 unspecified atom stereocenters. The van der Waals surface area contributed by atoms with Crippen LogP contribution in [0.5, 0.6) is 0 Å². The van der Waals surface area contributed by atoms with Gasteiger partial charge in [-0.3, -0.25) is 4.68 Å². The highest BCUT2D eigenvalue weighted by atomic mass is 79.9. The first kappa shape index (κ1) is 12.9. The molecule has 2 N–H and O–H groups in total. The normalized spacial score (nSPS) is 10.7. The van der Waals surface area contributed by atoms with Gasteiger partial charge in [-0.05, 0) is 39.7 Å². The molecular weight excluding hydrogens is 314 g/mol. The van der Waals surface area contributed by atoms with Gasteiger partial charge in [0.25, 0.3) is 0 Å². The predicted molar refractivity (Wildman–Crippen MR) is 85.3 cm³/mol. The van der Waals surface area contributed by atoms with Gasteiger partial charge in [0.05, 0.1) is 12.2 Å². The van der Waals surface area contributed by atoms with Crippen LogP contribution in [0, 0.1) is 0 Å². The Bertz CT molecular complexity index is 720. The van der Waals surface area contributed by atoms with Crippen LogP contribution in [-0.4, -0.2) is 9.78 Å². The Morgan fingerprint density at radius 2 is 1.85 bits per heavy atom. The van der Waals surface area contributed by atoms with Gasteiger partial charge in [-0.2, -0.15) is 5.10 Å². The highest BCUT2D eigenvalue weighted by Crippen LogP contribution is 2.26. The van der Waals surface area contributed by atoms with Crippen molar-refractivity contribution >= 4 is 21.6 Å². The van der Waals surface area contributed by atoms with Crippen molar-refractivity contribution in [1.29, 1.82) is 0 Å². The van der Waals surface area contributed by atoms with Crippen LogP contribution in [0.15, 0.2) is 65.3 Å². The van der Waals surface area contributed by atoms with Crippen LogP contribution >= 0.6 is 15.9 Å². The second-order valence-electron chi connectivity index (χ2n) is 4.62. The lowest BCUT2D eigenvalue weighted by molar-refractivity contribution is 0.689. The molecule has 0 atom stereocenters. The third-order valence-electron chi connectivity index (χ3n) is 3.12. The summed E-state index contributed by atoms with van der Waals surface area (Å²) < 4.78 is 2.84. The third kappa shape index (κ3) is 2.75. The van der Waals surface area contributed by atoms with Crippen molar-refractivity contribution < 1.29 is 0 Å². The second kappa shape index (κ2) is 5.51. The fourth-order valence-corrected chi connectivity index (χ4v) is 2.32. The first-order chi connectivity index (χ1) is 9.72. The maximum atomic E-state index is 5.91.